The summed E-state index contributed by atoms with van der Waals surface area (Å²) in [6.07, 6.45) is 1.83. The molecule has 156 valence electrons. The molecule has 8 nitrogen and oxygen atoms in total. The molecule has 0 radical (unpaired) electrons. The summed E-state index contributed by atoms with van der Waals surface area (Å²) in [7, 11) is 0. The van der Waals surface area contributed by atoms with E-state index in [1.54, 1.807) is 4.68 Å². The SMILES string of the molecule is O=C(Cc1ccc(-n2cnnn2)cc1)NCC(c1ccccc1Cl)N1CCOCC1. The van der Waals surface area contributed by atoms with Crippen LogP contribution in [0.25, 0.3) is 5.69 Å². The predicted octanol–water partition coefficient (Wildman–Crippen LogP) is 2.05. The van der Waals surface area contributed by atoms with Gasteiger partial charge in [-0.1, -0.05) is 41.9 Å². The molecule has 0 bridgehead atoms. The van der Waals surface area contributed by atoms with E-state index in [1.807, 2.05) is 48.5 Å². The number of benzene rings is 2. The van der Waals surface area contributed by atoms with Crippen LogP contribution in [-0.4, -0.2) is 63.9 Å². The van der Waals surface area contributed by atoms with Crippen LogP contribution < -0.4 is 5.32 Å². The van der Waals surface area contributed by atoms with Gasteiger partial charge in [-0.3, -0.25) is 9.69 Å². The summed E-state index contributed by atoms with van der Waals surface area (Å²) in [5.41, 5.74) is 2.78. The lowest BCUT2D eigenvalue weighted by atomic mass is 10.0. The molecule has 9 heteroatoms. The average molecular weight is 427 g/mol. The molecule has 1 unspecified atom stereocenters. The molecule has 30 heavy (non-hydrogen) atoms. The Morgan fingerprint density at radius 1 is 1.13 bits per heavy atom. The van der Waals surface area contributed by atoms with Gasteiger partial charge in [-0.05, 0) is 39.8 Å². The van der Waals surface area contributed by atoms with E-state index in [1.165, 1.54) is 6.33 Å². The lowest BCUT2D eigenvalue weighted by molar-refractivity contribution is -0.120. The summed E-state index contributed by atoms with van der Waals surface area (Å²) in [5, 5.41) is 14.9. The average Bonchev–Trinajstić information content (AvgIpc) is 3.31. The van der Waals surface area contributed by atoms with E-state index < -0.39 is 0 Å². The standard InChI is InChI=1S/C21H23ClN6O2/c22-19-4-2-1-3-18(19)20(27-9-11-30-12-10-27)14-23-21(29)13-16-5-7-17(8-6-16)28-15-24-25-26-28/h1-8,15,20H,9-14H2,(H,23,29). The first-order valence-electron chi connectivity index (χ1n) is 9.86. The summed E-state index contributed by atoms with van der Waals surface area (Å²) >= 11 is 6.45. The van der Waals surface area contributed by atoms with Crippen LogP contribution in [0, 0.1) is 0 Å². The normalized spacial score (nSPS) is 15.6. The third kappa shape index (κ3) is 5.02. The molecule has 1 aromatic heterocycles. The Morgan fingerprint density at radius 3 is 2.60 bits per heavy atom. The number of morpholine rings is 1. The summed E-state index contributed by atoms with van der Waals surface area (Å²) in [5.74, 6) is -0.0320. The first kappa shape index (κ1) is 20.5. The Morgan fingerprint density at radius 2 is 1.90 bits per heavy atom. The minimum Gasteiger partial charge on any atom is -0.379 e. The van der Waals surface area contributed by atoms with Gasteiger partial charge in [0.25, 0.3) is 0 Å². The van der Waals surface area contributed by atoms with Crippen molar-refractivity contribution in [1.29, 1.82) is 0 Å². The molecule has 2 aromatic carbocycles. The van der Waals surface area contributed by atoms with Crippen LogP contribution in [0.1, 0.15) is 17.2 Å². The van der Waals surface area contributed by atoms with Crippen molar-refractivity contribution < 1.29 is 9.53 Å². The molecule has 1 amide bonds. The van der Waals surface area contributed by atoms with Gasteiger partial charge in [-0.25, -0.2) is 4.68 Å². The maximum Gasteiger partial charge on any atom is 0.224 e. The maximum absolute atomic E-state index is 12.6. The highest BCUT2D eigenvalue weighted by atomic mass is 35.5. The number of rotatable bonds is 7. The molecule has 3 aromatic rings. The van der Waals surface area contributed by atoms with Crippen LogP contribution in [0.3, 0.4) is 0 Å². The number of halogens is 1. The first-order valence-corrected chi connectivity index (χ1v) is 10.2. The number of nitrogens with one attached hydrogen (secondary N) is 1. The van der Waals surface area contributed by atoms with Gasteiger partial charge in [0.1, 0.15) is 6.33 Å². The summed E-state index contributed by atoms with van der Waals surface area (Å²) in [4.78, 5) is 14.9. The zero-order valence-corrected chi connectivity index (χ0v) is 17.2. The molecule has 1 saturated heterocycles. The van der Waals surface area contributed by atoms with Crippen LogP contribution in [0.15, 0.2) is 54.9 Å². The van der Waals surface area contributed by atoms with Crippen LogP contribution in [-0.2, 0) is 16.0 Å². The van der Waals surface area contributed by atoms with Crippen molar-refractivity contribution in [2.75, 3.05) is 32.8 Å². The highest BCUT2D eigenvalue weighted by molar-refractivity contribution is 6.31. The number of hydrogen-bond donors (Lipinski definition) is 1. The quantitative estimate of drug-likeness (QED) is 0.622. The molecule has 1 aliphatic heterocycles. The molecular weight excluding hydrogens is 404 g/mol. The number of aromatic nitrogens is 4. The van der Waals surface area contributed by atoms with Crippen molar-refractivity contribution in [2.45, 2.75) is 12.5 Å². The summed E-state index contributed by atoms with van der Waals surface area (Å²) < 4.78 is 7.05. The van der Waals surface area contributed by atoms with Crippen molar-refractivity contribution in [3.63, 3.8) is 0 Å². The minimum absolute atomic E-state index is 0.00809. The van der Waals surface area contributed by atoms with E-state index in [0.717, 1.165) is 29.9 Å². The number of nitrogens with zero attached hydrogens (tertiary/aromatic N) is 5. The van der Waals surface area contributed by atoms with E-state index in [0.29, 0.717) is 31.2 Å². The van der Waals surface area contributed by atoms with Gasteiger partial charge >= 0.3 is 0 Å². The fourth-order valence-corrected chi connectivity index (χ4v) is 3.84. The zero-order chi connectivity index (χ0) is 20.8. The number of ether oxygens (including phenoxy) is 1. The molecular formula is C21H23ClN6O2. The minimum atomic E-state index is -0.0320. The molecule has 2 heterocycles. The van der Waals surface area contributed by atoms with Gasteiger partial charge in [0.2, 0.25) is 5.91 Å². The van der Waals surface area contributed by atoms with Gasteiger partial charge in [-0.2, -0.15) is 0 Å². The lowest BCUT2D eigenvalue weighted by Crippen LogP contribution is -2.44. The number of carbonyl (C=O) groups is 1. The van der Waals surface area contributed by atoms with Crippen molar-refractivity contribution in [1.82, 2.24) is 30.4 Å². The Hall–Kier alpha value is -2.81. The molecule has 1 atom stereocenters. The van der Waals surface area contributed by atoms with E-state index in [9.17, 15) is 4.79 Å². The second kappa shape index (κ2) is 9.80. The Kier molecular flexibility index (Phi) is 6.68. The van der Waals surface area contributed by atoms with Crippen molar-refractivity contribution >= 4 is 17.5 Å². The first-order chi connectivity index (χ1) is 14.7. The van der Waals surface area contributed by atoms with Crippen molar-refractivity contribution in [3.05, 3.63) is 71.0 Å². The van der Waals surface area contributed by atoms with Crippen LogP contribution in [0.2, 0.25) is 5.02 Å². The van der Waals surface area contributed by atoms with Crippen LogP contribution in [0.5, 0.6) is 0 Å². The monoisotopic (exact) mass is 426 g/mol. The number of amides is 1. The second-order valence-corrected chi connectivity index (χ2v) is 7.49. The van der Waals surface area contributed by atoms with Crippen LogP contribution >= 0.6 is 11.6 Å². The molecule has 0 aliphatic carbocycles. The topological polar surface area (TPSA) is 85.2 Å². The second-order valence-electron chi connectivity index (χ2n) is 7.09. The van der Waals surface area contributed by atoms with Crippen LogP contribution in [0.4, 0.5) is 0 Å². The molecule has 1 N–H and O–H groups in total. The maximum atomic E-state index is 12.6. The molecule has 1 fully saturated rings. The van der Waals surface area contributed by atoms with E-state index in [2.05, 4.69) is 25.7 Å². The predicted molar refractivity (Wildman–Crippen MR) is 112 cm³/mol. The van der Waals surface area contributed by atoms with E-state index in [4.69, 9.17) is 16.3 Å². The van der Waals surface area contributed by atoms with Crippen molar-refractivity contribution in [2.24, 2.45) is 0 Å². The fraction of sp³-hybridized carbons (Fsp3) is 0.333. The molecule has 0 spiro atoms. The number of hydrogen-bond acceptors (Lipinski definition) is 6. The van der Waals surface area contributed by atoms with E-state index >= 15 is 0 Å². The van der Waals surface area contributed by atoms with Gasteiger partial charge in [0.05, 0.1) is 31.4 Å². The summed E-state index contributed by atoms with van der Waals surface area (Å²) in [6.45, 7) is 3.48. The Bertz CT molecular complexity index is 958. The third-order valence-corrected chi connectivity index (χ3v) is 5.50. The summed E-state index contributed by atoms with van der Waals surface area (Å²) in [6, 6.07) is 15.4. The molecule has 1 aliphatic rings. The largest absolute Gasteiger partial charge is 0.379 e. The smallest absolute Gasteiger partial charge is 0.224 e. The Balaban J connectivity index is 1.39. The highest BCUT2D eigenvalue weighted by Crippen LogP contribution is 2.27. The number of tetrazole rings is 1. The Labute approximate surface area is 179 Å². The van der Waals surface area contributed by atoms with E-state index in [-0.39, 0.29) is 11.9 Å². The lowest BCUT2D eigenvalue weighted by Gasteiger charge is -2.35. The fourth-order valence-electron chi connectivity index (χ4n) is 3.57. The third-order valence-electron chi connectivity index (χ3n) is 5.16. The highest BCUT2D eigenvalue weighted by Gasteiger charge is 2.24. The van der Waals surface area contributed by atoms with Crippen molar-refractivity contribution in [3.8, 4) is 5.69 Å². The van der Waals surface area contributed by atoms with Gasteiger partial charge in [0, 0.05) is 24.7 Å². The molecule has 0 saturated carbocycles. The molecule has 4 rings (SSSR count). The van der Waals surface area contributed by atoms with Gasteiger partial charge in [0.15, 0.2) is 0 Å². The number of carbonyl (C=O) groups excluding carboxylic acids is 1. The van der Waals surface area contributed by atoms with Gasteiger partial charge in [-0.15, -0.1) is 5.10 Å². The van der Waals surface area contributed by atoms with Gasteiger partial charge < -0.3 is 10.1 Å². The zero-order valence-electron chi connectivity index (χ0n) is 16.4.